The van der Waals surface area contributed by atoms with Crippen molar-refractivity contribution >= 4 is 17.7 Å². The summed E-state index contributed by atoms with van der Waals surface area (Å²) in [5.41, 5.74) is 3.61. The van der Waals surface area contributed by atoms with Gasteiger partial charge in [0.25, 0.3) is 0 Å². The maximum absolute atomic E-state index is 12.6. The monoisotopic (exact) mass is 525 g/mol. The Morgan fingerprint density at radius 1 is 0.842 bits per heavy atom. The third-order valence-electron chi connectivity index (χ3n) is 6.90. The van der Waals surface area contributed by atoms with Crippen molar-refractivity contribution < 1.29 is 4.79 Å². The van der Waals surface area contributed by atoms with E-state index < -0.39 is 0 Å². The molecule has 0 saturated carbocycles. The molecule has 1 saturated heterocycles. The molecule has 6 nitrogen and oxygen atoms in total. The standard InChI is InChI=1S/C31H35N5OS/c37-30(32-27-18-20-35(21-19-27)24-26-13-6-2-7-14-26)17-10-22-38-31-34-33-29(23-25-11-4-1-5-12-25)36(31)28-15-8-3-9-16-28/h1-9,11-16,27H,10,17-24H2,(H,32,37). The molecule has 0 aliphatic carbocycles. The molecule has 0 bridgehead atoms. The SMILES string of the molecule is O=C(CCCSc1nnc(Cc2ccccc2)n1-c1ccccc1)NC1CCN(Cc2ccccc2)CC1. The van der Waals surface area contributed by atoms with Gasteiger partial charge in [-0.3, -0.25) is 14.3 Å². The van der Waals surface area contributed by atoms with E-state index in [-0.39, 0.29) is 11.9 Å². The summed E-state index contributed by atoms with van der Waals surface area (Å²) in [5, 5.41) is 13.2. The molecule has 1 aliphatic rings. The molecule has 5 rings (SSSR count). The summed E-state index contributed by atoms with van der Waals surface area (Å²) in [4.78, 5) is 15.1. The van der Waals surface area contributed by atoms with Crippen LogP contribution in [-0.4, -0.2) is 50.5 Å². The Labute approximate surface area is 229 Å². The first-order valence-corrected chi connectivity index (χ1v) is 14.5. The number of aromatic nitrogens is 3. The molecule has 0 radical (unpaired) electrons. The van der Waals surface area contributed by atoms with Crippen molar-refractivity contribution in [2.24, 2.45) is 0 Å². The van der Waals surface area contributed by atoms with Crippen molar-refractivity contribution in [3.8, 4) is 5.69 Å². The first kappa shape index (κ1) is 26.2. The minimum atomic E-state index is 0.154. The van der Waals surface area contributed by atoms with Gasteiger partial charge < -0.3 is 5.32 Å². The van der Waals surface area contributed by atoms with Gasteiger partial charge in [-0.25, -0.2) is 0 Å². The maximum Gasteiger partial charge on any atom is 0.220 e. The van der Waals surface area contributed by atoms with Gasteiger partial charge in [-0.2, -0.15) is 0 Å². The Balaban J connectivity index is 1.08. The Bertz CT molecular complexity index is 1270. The van der Waals surface area contributed by atoms with Gasteiger partial charge in [0.05, 0.1) is 0 Å². The zero-order chi connectivity index (χ0) is 26.0. The van der Waals surface area contributed by atoms with E-state index in [1.54, 1.807) is 11.8 Å². The highest BCUT2D eigenvalue weighted by Gasteiger charge is 2.21. The summed E-state index contributed by atoms with van der Waals surface area (Å²) in [6, 6.07) is 31.5. The second kappa shape index (κ2) is 13.4. The fourth-order valence-electron chi connectivity index (χ4n) is 4.90. The molecule has 1 aliphatic heterocycles. The molecule has 1 amide bonds. The smallest absolute Gasteiger partial charge is 0.220 e. The van der Waals surface area contributed by atoms with Crippen molar-refractivity contribution in [1.82, 2.24) is 25.0 Å². The molecular formula is C31H35N5OS. The van der Waals surface area contributed by atoms with Gasteiger partial charge in [0.15, 0.2) is 5.16 Å². The third-order valence-corrected chi connectivity index (χ3v) is 7.92. The number of benzene rings is 3. The number of carbonyl (C=O) groups is 1. The number of nitrogens with zero attached hydrogens (tertiary/aromatic N) is 4. The van der Waals surface area contributed by atoms with Gasteiger partial charge in [-0.05, 0) is 42.5 Å². The fraction of sp³-hybridized carbons (Fsp3) is 0.323. The van der Waals surface area contributed by atoms with Crippen molar-refractivity contribution in [2.75, 3.05) is 18.8 Å². The van der Waals surface area contributed by atoms with Crippen LogP contribution in [0.5, 0.6) is 0 Å². The molecular weight excluding hydrogens is 490 g/mol. The molecule has 7 heteroatoms. The van der Waals surface area contributed by atoms with Crippen LogP contribution < -0.4 is 5.32 Å². The zero-order valence-corrected chi connectivity index (χ0v) is 22.5. The lowest BCUT2D eigenvalue weighted by atomic mass is 10.0. The highest BCUT2D eigenvalue weighted by atomic mass is 32.2. The second-order valence-electron chi connectivity index (χ2n) is 9.79. The normalized spacial score (nSPS) is 14.4. The fourth-order valence-corrected chi connectivity index (χ4v) is 5.81. The Morgan fingerprint density at radius 2 is 1.47 bits per heavy atom. The zero-order valence-electron chi connectivity index (χ0n) is 21.7. The van der Waals surface area contributed by atoms with E-state index in [0.717, 1.165) is 67.7 Å². The Hall–Kier alpha value is -3.42. The second-order valence-corrected chi connectivity index (χ2v) is 10.8. The number of likely N-dealkylation sites (tertiary alicyclic amines) is 1. The van der Waals surface area contributed by atoms with Crippen molar-refractivity contribution in [3.05, 3.63) is 108 Å². The average molecular weight is 526 g/mol. The summed E-state index contributed by atoms with van der Waals surface area (Å²) in [5.74, 6) is 1.89. The lowest BCUT2D eigenvalue weighted by molar-refractivity contribution is -0.122. The van der Waals surface area contributed by atoms with E-state index in [2.05, 4.69) is 79.6 Å². The van der Waals surface area contributed by atoms with Crippen LogP contribution in [0.2, 0.25) is 0 Å². The molecule has 1 aromatic heterocycles. The molecule has 1 fully saturated rings. The average Bonchev–Trinajstić information content (AvgIpc) is 3.36. The number of hydrogen-bond donors (Lipinski definition) is 1. The van der Waals surface area contributed by atoms with Gasteiger partial charge >= 0.3 is 0 Å². The Morgan fingerprint density at radius 3 is 2.16 bits per heavy atom. The van der Waals surface area contributed by atoms with E-state index in [0.29, 0.717) is 6.42 Å². The number of carbonyl (C=O) groups excluding carboxylic acids is 1. The topological polar surface area (TPSA) is 63.1 Å². The molecule has 0 unspecified atom stereocenters. The minimum absolute atomic E-state index is 0.154. The number of amides is 1. The van der Waals surface area contributed by atoms with E-state index in [1.807, 2.05) is 36.4 Å². The molecule has 3 aromatic carbocycles. The van der Waals surface area contributed by atoms with Crippen LogP contribution in [0.1, 0.15) is 42.6 Å². The quantitative estimate of drug-likeness (QED) is 0.207. The van der Waals surface area contributed by atoms with Crippen LogP contribution in [0, 0.1) is 0 Å². The highest BCUT2D eigenvalue weighted by Crippen LogP contribution is 2.24. The van der Waals surface area contributed by atoms with Crippen LogP contribution in [0.3, 0.4) is 0 Å². The van der Waals surface area contributed by atoms with E-state index in [9.17, 15) is 4.79 Å². The predicted octanol–water partition coefficient (Wildman–Crippen LogP) is 5.51. The number of piperidine rings is 1. The van der Waals surface area contributed by atoms with Crippen LogP contribution in [0.15, 0.2) is 96.2 Å². The molecule has 196 valence electrons. The summed E-state index contributed by atoms with van der Waals surface area (Å²) in [6.45, 7) is 3.03. The van der Waals surface area contributed by atoms with Gasteiger partial charge in [-0.1, -0.05) is 90.6 Å². The Kier molecular flexibility index (Phi) is 9.24. The number of para-hydroxylation sites is 1. The van der Waals surface area contributed by atoms with E-state index in [4.69, 9.17) is 0 Å². The third kappa shape index (κ3) is 7.33. The molecule has 4 aromatic rings. The predicted molar refractivity (Wildman–Crippen MR) is 153 cm³/mol. The molecule has 1 N–H and O–H groups in total. The first-order chi connectivity index (χ1) is 18.7. The van der Waals surface area contributed by atoms with Gasteiger partial charge in [0.2, 0.25) is 5.91 Å². The van der Waals surface area contributed by atoms with Gasteiger partial charge in [0, 0.05) is 50.0 Å². The van der Waals surface area contributed by atoms with Crippen molar-refractivity contribution in [3.63, 3.8) is 0 Å². The number of hydrogen-bond acceptors (Lipinski definition) is 5. The summed E-state index contributed by atoms with van der Waals surface area (Å²) >= 11 is 1.67. The highest BCUT2D eigenvalue weighted by molar-refractivity contribution is 7.99. The number of rotatable bonds is 11. The van der Waals surface area contributed by atoms with Gasteiger partial charge in [-0.15, -0.1) is 10.2 Å². The van der Waals surface area contributed by atoms with Crippen LogP contribution in [0.25, 0.3) is 5.69 Å². The summed E-state index contributed by atoms with van der Waals surface area (Å²) in [7, 11) is 0. The van der Waals surface area contributed by atoms with Crippen LogP contribution in [0.4, 0.5) is 0 Å². The summed E-state index contributed by atoms with van der Waals surface area (Å²) < 4.78 is 2.14. The lowest BCUT2D eigenvalue weighted by Gasteiger charge is -2.32. The van der Waals surface area contributed by atoms with Gasteiger partial charge in [0.1, 0.15) is 5.82 Å². The van der Waals surface area contributed by atoms with Crippen LogP contribution in [-0.2, 0) is 17.8 Å². The largest absolute Gasteiger partial charge is 0.353 e. The molecule has 2 heterocycles. The van der Waals surface area contributed by atoms with Crippen molar-refractivity contribution in [1.29, 1.82) is 0 Å². The number of nitrogens with one attached hydrogen (secondary N) is 1. The maximum atomic E-state index is 12.6. The van der Waals surface area contributed by atoms with Crippen molar-refractivity contribution in [2.45, 2.75) is 49.8 Å². The van der Waals surface area contributed by atoms with E-state index in [1.165, 1.54) is 11.1 Å². The molecule has 0 spiro atoms. The lowest BCUT2D eigenvalue weighted by Crippen LogP contribution is -2.44. The first-order valence-electron chi connectivity index (χ1n) is 13.5. The van der Waals surface area contributed by atoms with E-state index >= 15 is 0 Å². The van der Waals surface area contributed by atoms with Crippen LogP contribution >= 0.6 is 11.8 Å². The minimum Gasteiger partial charge on any atom is -0.353 e. The summed E-state index contributed by atoms with van der Waals surface area (Å²) in [6.07, 6.45) is 4.08. The molecule has 38 heavy (non-hydrogen) atoms. The molecule has 0 atom stereocenters. The number of thioether (sulfide) groups is 1.